The van der Waals surface area contributed by atoms with Gasteiger partial charge in [0.15, 0.2) is 0 Å². The van der Waals surface area contributed by atoms with Crippen molar-refractivity contribution in [2.45, 2.75) is 13.2 Å². The lowest BCUT2D eigenvalue weighted by Gasteiger charge is -2.13. The Labute approximate surface area is 124 Å². The molecule has 0 saturated carbocycles. The van der Waals surface area contributed by atoms with E-state index in [9.17, 15) is 8.78 Å². The van der Waals surface area contributed by atoms with Gasteiger partial charge in [-0.3, -0.25) is 0 Å². The molecule has 5 heteroatoms. The first-order valence-corrected chi connectivity index (χ1v) is 6.84. The van der Waals surface area contributed by atoms with Crippen molar-refractivity contribution >= 4 is 21.6 Å². The van der Waals surface area contributed by atoms with Crippen LogP contribution in [0.25, 0.3) is 0 Å². The average Bonchev–Trinajstić information content (AvgIpc) is 2.38. The first kappa shape index (κ1) is 14.9. The number of hydrogen-bond acceptors (Lipinski definition) is 2. The minimum absolute atomic E-state index is 0.335. The van der Waals surface area contributed by atoms with Crippen LogP contribution in [0, 0.1) is 11.6 Å². The average molecular weight is 342 g/mol. The molecule has 0 aliphatic carbocycles. The zero-order valence-corrected chi connectivity index (χ0v) is 12.5. The van der Waals surface area contributed by atoms with Gasteiger partial charge in [-0.1, -0.05) is 22.0 Å². The minimum Gasteiger partial charge on any atom is -0.381 e. The monoisotopic (exact) mass is 341 g/mol. The van der Waals surface area contributed by atoms with Crippen molar-refractivity contribution < 1.29 is 13.5 Å². The fourth-order valence-electron chi connectivity index (χ4n) is 1.93. The molecule has 0 heterocycles. The number of anilines is 1. The van der Waals surface area contributed by atoms with Crippen LogP contribution in [-0.4, -0.2) is 7.11 Å². The standard InChI is InChI=1S/C15H14BrF2NO/c1-20-9-13-14(16)3-2-4-15(13)19-8-10-5-11(17)7-12(18)6-10/h2-7,19H,8-9H2,1H3. The van der Waals surface area contributed by atoms with Crippen molar-refractivity contribution in [2.75, 3.05) is 12.4 Å². The Morgan fingerprint density at radius 1 is 1.15 bits per heavy atom. The maximum atomic E-state index is 13.1. The molecule has 0 amide bonds. The Balaban J connectivity index is 2.16. The molecule has 0 spiro atoms. The summed E-state index contributed by atoms with van der Waals surface area (Å²) >= 11 is 3.46. The van der Waals surface area contributed by atoms with Crippen molar-refractivity contribution in [2.24, 2.45) is 0 Å². The van der Waals surface area contributed by atoms with Crippen LogP contribution >= 0.6 is 15.9 Å². The molecule has 2 nitrogen and oxygen atoms in total. The maximum absolute atomic E-state index is 13.1. The molecular formula is C15H14BrF2NO. The Morgan fingerprint density at radius 2 is 1.85 bits per heavy atom. The number of methoxy groups -OCH3 is 1. The fourth-order valence-corrected chi connectivity index (χ4v) is 2.41. The van der Waals surface area contributed by atoms with E-state index < -0.39 is 11.6 Å². The van der Waals surface area contributed by atoms with Crippen LogP contribution in [0.2, 0.25) is 0 Å². The van der Waals surface area contributed by atoms with E-state index in [0.717, 1.165) is 21.8 Å². The second-order valence-electron chi connectivity index (χ2n) is 4.33. The van der Waals surface area contributed by atoms with Gasteiger partial charge in [-0.25, -0.2) is 8.78 Å². The van der Waals surface area contributed by atoms with Gasteiger partial charge in [0.2, 0.25) is 0 Å². The maximum Gasteiger partial charge on any atom is 0.126 e. The van der Waals surface area contributed by atoms with Gasteiger partial charge in [-0.15, -0.1) is 0 Å². The molecule has 0 aromatic heterocycles. The summed E-state index contributed by atoms with van der Waals surface area (Å²) in [4.78, 5) is 0. The molecule has 2 rings (SSSR count). The lowest BCUT2D eigenvalue weighted by atomic mass is 10.1. The van der Waals surface area contributed by atoms with Crippen molar-refractivity contribution in [1.29, 1.82) is 0 Å². The highest BCUT2D eigenvalue weighted by Crippen LogP contribution is 2.26. The highest BCUT2D eigenvalue weighted by molar-refractivity contribution is 9.10. The van der Waals surface area contributed by atoms with Gasteiger partial charge in [0, 0.05) is 35.4 Å². The number of hydrogen-bond donors (Lipinski definition) is 1. The fraction of sp³-hybridized carbons (Fsp3) is 0.200. The van der Waals surface area contributed by atoms with Crippen molar-refractivity contribution in [3.63, 3.8) is 0 Å². The van der Waals surface area contributed by atoms with Gasteiger partial charge >= 0.3 is 0 Å². The van der Waals surface area contributed by atoms with E-state index in [1.165, 1.54) is 12.1 Å². The lowest BCUT2D eigenvalue weighted by Crippen LogP contribution is -2.04. The quantitative estimate of drug-likeness (QED) is 0.865. The van der Waals surface area contributed by atoms with Crippen molar-refractivity contribution in [3.8, 4) is 0 Å². The first-order valence-electron chi connectivity index (χ1n) is 6.05. The number of halogens is 3. The Bertz CT molecular complexity index is 584. The second kappa shape index (κ2) is 6.81. The Hall–Kier alpha value is -1.46. The van der Waals surface area contributed by atoms with E-state index in [4.69, 9.17) is 4.74 Å². The topological polar surface area (TPSA) is 21.3 Å². The molecular weight excluding hydrogens is 328 g/mol. The predicted octanol–water partition coefficient (Wildman–Crippen LogP) is 4.49. The van der Waals surface area contributed by atoms with Crippen LogP contribution in [0.15, 0.2) is 40.9 Å². The van der Waals surface area contributed by atoms with Crippen LogP contribution in [0.4, 0.5) is 14.5 Å². The second-order valence-corrected chi connectivity index (χ2v) is 5.18. The largest absolute Gasteiger partial charge is 0.381 e. The van der Waals surface area contributed by atoms with Gasteiger partial charge in [0.1, 0.15) is 11.6 Å². The minimum atomic E-state index is -0.576. The van der Waals surface area contributed by atoms with E-state index in [-0.39, 0.29) is 0 Å². The highest BCUT2D eigenvalue weighted by Gasteiger charge is 2.07. The molecule has 2 aromatic rings. The molecule has 20 heavy (non-hydrogen) atoms. The molecule has 2 aromatic carbocycles. The number of ether oxygens (including phenoxy) is 1. The summed E-state index contributed by atoms with van der Waals surface area (Å²) in [6, 6.07) is 9.18. The Kier molecular flexibility index (Phi) is 5.09. The molecule has 0 fully saturated rings. The normalized spacial score (nSPS) is 10.6. The zero-order valence-electron chi connectivity index (χ0n) is 10.9. The SMILES string of the molecule is COCc1c(Br)cccc1NCc1cc(F)cc(F)c1. The van der Waals surface area contributed by atoms with Crippen LogP contribution in [-0.2, 0) is 17.9 Å². The number of benzene rings is 2. The molecule has 0 aliphatic heterocycles. The van der Waals surface area contributed by atoms with Crippen molar-refractivity contribution in [3.05, 3.63) is 63.6 Å². The zero-order chi connectivity index (χ0) is 14.5. The van der Waals surface area contributed by atoms with Crippen molar-refractivity contribution in [1.82, 2.24) is 0 Å². The van der Waals surface area contributed by atoms with E-state index >= 15 is 0 Å². The van der Waals surface area contributed by atoms with Gasteiger partial charge < -0.3 is 10.1 Å². The summed E-state index contributed by atoms with van der Waals surface area (Å²) in [6.07, 6.45) is 0. The van der Waals surface area contributed by atoms with Gasteiger partial charge in [-0.05, 0) is 29.8 Å². The Morgan fingerprint density at radius 3 is 2.50 bits per heavy atom. The number of rotatable bonds is 5. The third kappa shape index (κ3) is 3.77. The third-order valence-electron chi connectivity index (χ3n) is 2.81. The summed E-state index contributed by atoms with van der Waals surface area (Å²) in [7, 11) is 1.62. The van der Waals surface area contributed by atoms with Crippen LogP contribution < -0.4 is 5.32 Å². The highest BCUT2D eigenvalue weighted by atomic mass is 79.9. The van der Waals surface area contributed by atoms with E-state index in [1.54, 1.807) is 7.11 Å². The number of nitrogens with one attached hydrogen (secondary N) is 1. The first-order chi connectivity index (χ1) is 9.60. The third-order valence-corrected chi connectivity index (χ3v) is 3.56. The van der Waals surface area contributed by atoms with Crippen LogP contribution in [0.5, 0.6) is 0 Å². The molecule has 0 unspecified atom stereocenters. The molecule has 0 radical (unpaired) electrons. The van der Waals surface area contributed by atoms with E-state index in [2.05, 4.69) is 21.2 Å². The molecule has 0 saturated heterocycles. The van der Waals surface area contributed by atoms with Gasteiger partial charge in [-0.2, -0.15) is 0 Å². The van der Waals surface area contributed by atoms with Crippen LogP contribution in [0.3, 0.4) is 0 Å². The van der Waals surface area contributed by atoms with Gasteiger partial charge in [0.25, 0.3) is 0 Å². The molecule has 0 aliphatic rings. The van der Waals surface area contributed by atoms with E-state index in [0.29, 0.717) is 18.7 Å². The molecule has 0 bridgehead atoms. The molecule has 106 valence electrons. The smallest absolute Gasteiger partial charge is 0.126 e. The summed E-state index contributed by atoms with van der Waals surface area (Å²) in [6.45, 7) is 0.781. The van der Waals surface area contributed by atoms with Gasteiger partial charge in [0.05, 0.1) is 6.61 Å². The molecule has 0 atom stereocenters. The lowest BCUT2D eigenvalue weighted by molar-refractivity contribution is 0.185. The van der Waals surface area contributed by atoms with E-state index in [1.807, 2.05) is 18.2 Å². The molecule has 1 N–H and O–H groups in total. The van der Waals surface area contributed by atoms with Crippen LogP contribution in [0.1, 0.15) is 11.1 Å². The predicted molar refractivity (Wildman–Crippen MR) is 78.5 cm³/mol. The summed E-state index contributed by atoms with van der Waals surface area (Å²) in [5, 5.41) is 3.17. The summed E-state index contributed by atoms with van der Waals surface area (Å²) in [5.41, 5.74) is 2.38. The summed E-state index contributed by atoms with van der Waals surface area (Å²) < 4.78 is 32.3. The summed E-state index contributed by atoms with van der Waals surface area (Å²) in [5.74, 6) is -1.15.